The number of hydrogen-bond donors (Lipinski definition) is 0. The molecular weight excluding hydrogens is 322 g/mol. The third-order valence-electron chi connectivity index (χ3n) is 5.73. The van der Waals surface area contributed by atoms with Crippen molar-refractivity contribution in [2.45, 2.75) is 84.5 Å². The summed E-state index contributed by atoms with van der Waals surface area (Å²) in [4.78, 5) is 12.5. The Bertz CT molecular complexity index is 592. The SMILES string of the molecule is CCCCCc1ccc(OC(=O)[C@H]2CC[C@](C#N)(CCCC)CC2)cc1. The van der Waals surface area contributed by atoms with E-state index in [0.717, 1.165) is 51.4 Å². The van der Waals surface area contributed by atoms with Gasteiger partial charge in [-0.2, -0.15) is 5.26 Å². The molecule has 0 N–H and O–H groups in total. The molecule has 1 saturated carbocycles. The lowest BCUT2D eigenvalue weighted by Crippen LogP contribution is -2.31. The van der Waals surface area contributed by atoms with Crippen LogP contribution in [0.4, 0.5) is 0 Å². The minimum Gasteiger partial charge on any atom is -0.426 e. The highest BCUT2D eigenvalue weighted by Gasteiger charge is 2.37. The fourth-order valence-electron chi connectivity index (χ4n) is 3.84. The molecule has 0 radical (unpaired) electrons. The van der Waals surface area contributed by atoms with E-state index in [0.29, 0.717) is 5.75 Å². The van der Waals surface area contributed by atoms with E-state index < -0.39 is 0 Å². The van der Waals surface area contributed by atoms with Crippen LogP contribution in [0.5, 0.6) is 5.75 Å². The van der Waals surface area contributed by atoms with Crippen molar-refractivity contribution in [1.82, 2.24) is 0 Å². The Morgan fingerprint density at radius 2 is 1.77 bits per heavy atom. The van der Waals surface area contributed by atoms with Crippen LogP contribution >= 0.6 is 0 Å². The number of nitriles is 1. The third-order valence-corrected chi connectivity index (χ3v) is 5.73. The molecule has 1 fully saturated rings. The van der Waals surface area contributed by atoms with Gasteiger partial charge in [-0.05, 0) is 62.6 Å². The summed E-state index contributed by atoms with van der Waals surface area (Å²) in [5.41, 5.74) is 1.08. The average molecular weight is 356 g/mol. The lowest BCUT2D eigenvalue weighted by atomic mass is 9.69. The molecule has 1 aromatic rings. The molecule has 3 nitrogen and oxygen atoms in total. The molecule has 0 bridgehead atoms. The standard InChI is InChI=1S/C23H33NO2/c1-3-5-7-8-19-9-11-21(12-10-19)26-22(25)20-13-16-23(18-24,17-14-20)15-6-4-2/h9-12,20H,3-8,13-17H2,1-2H3/t20-,23+. The number of unbranched alkanes of at least 4 members (excludes halogenated alkanes) is 3. The van der Waals surface area contributed by atoms with Gasteiger partial charge in [0.05, 0.1) is 17.4 Å². The number of carbonyl (C=O) groups excluding carboxylic acids is 1. The molecule has 0 heterocycles. The van der Waals surface area contributed by atoms with E-state index in [1.165, 1.54) is 24.8 Å². The Kier molecular flexibility index (Phi) is 8.16. The van der Waals surface area contributed by atoms with Gasteiger partial charge in [-0.3, -0.25) is 4.79 Å². The second kappa shape index (κ2) is 10.4. The van der Waals surface area contributed by atoms with Gasteiger partial charge in [-0.25, -0.2) is 0 Å². The molecule has 26 heavy (non-hydrogen) atoms. The van der Waals surface area contributed by atoms with E-state index in [9.17, 15) is 10.1 Å². The molecule has 0 atom stereocenters. The van der Waals surface area contributed by atoms with Crippen LogP contribution in [0.3, 0.4) is 0 Å². The summed E-state index contributed by atoms with van der Waals surface area (Å²) >= 11 is 0. The summed E-state index contributed by atoms with van der Waals surface area (Å²) in [6.07, 6.45) is 11.1. The zero-order valence-corrected chi connectivity index (χ0v) is 16.4. The quantitative estimate of drug-likeness (QED) is 0.300. The molecule has 0 saturated heterocycles. The minimum absolute atomic E-state index is 0.0673. The first kappa shape index (κ1) is 20.5. The molecule has 1 aromatic carbocycles. The maximum Gasteiger partial charge on any atom is 0.314 e. The predicted octanol–water partition coefficient (Wildman–Crippen LogP) is 6.22. The second-order valence-electron chi connectivity index (χ2n) is 7.79. The molecule has 0 aromatic heterocycles. The smallest absolute Gasteiger partial charge is 0.314 e. The number of benzene rings is 1. The van der Waals surface area contributed by atoms with Crippen LogP contribution in [0.1, 0.15) is 83.6 Å². The molecule has 1 aliphatic carbocycles. The van der Waals surface area contributed by atoms with Crippen molar-refractivity contribution in [2.24, 2.45) is 11.3 Å². The zero-order chi connectivity index (χ0) is 18.8. The highest BCUT2D eigenvalue weighted by atomic mass is 16.5. The monoisotopic (exact) mass is 355 g/mol. The molecule has 0 spiro atoms. The first-order chi connectivity index (χ1) is 12.6. The maximum atomic E-state index is 12.5. The van der Waals surface area contributed by atoms with Crippen LogP contribution in [0.25, 0.3) is 0 Å². The van der Waals surface area contributed by atoms with Crippen molar-refractivity contribution in [2.75, 3.05) is 0 Å². The average Bonchev–Trinajstić information content (AvgIpc) is 2.68. The molecule has 1 aliphatic rings. The number of ether oxygens (including phenoxy) is 1. The van der Waals surface area contributed by atoms with Crippen molar-refractivity contribution in [3.63, 3.8) is 0 Å². The van der Waals surface area contributed by atoms with E-state index in [-0.39, 0.29) is 17.3 Å². The Morgan fingerprint density at radius 1 is 1.12 bits per heavy atom. The number of hydrogen-bond acceptors (Lipinski definition) is 3. The van der Waals surface area contributed by atoms with Crippen molar-refractivity contribution < 1.29 is 9.53 Å². The molecule has 0 aliphatic heterocycles. The van der Waals surface area contributed by atoms with Gasteiger partial charge in [-0.15, -0.1) is 0 Å². The van der Waals surface area contributed by atoms with E-state index in [2.05, 4.69) is 32.0 Å². The van der Waals surface area contributed by atoms with Crippen molar-refractivity contribution in [3.8, 4) is 11.8 Å². The van der Waals surface area contributed by atoms with Crippen molar-refractivity contribution >= 4 is 5.97 Å². The molecular formula is C23H33NO2. The summed E-state index contributed by atoms with van der Waals surface area (Å²) in [6, 6.07) is 10.5. The van der Waals surface area contributed by atoms with Gasteiger partial charge in [-0.1, -0.05) is 51.7 Å². The number of rotatable bonds is 9. The van der Waals surface area contributed by atoms with Gasteiger partial charge < -0.3 is 4.74 Å². The molecule has 142 valence electrons. The van der Waals surface area contributed by atoms with E-state index in [1.54, 1.807) is 0 Å². The van der Waals surface area contributed by atoms with Crippen LogP contribution in [0, 0.1) is 22.7 Å². The highest BCUT2D eigenvalue weighted by molar-refractivity contribution is 5.75. The van der Waals surface area contributed by atoms with Gasteiger partial charge in [0.15, 0.2) is 0 Å². The van der Waals surface area contributed by atoms with Crippen LogP contribution in [0.15, 0.2) is 24.3 Å². The van der Waals surface area contributed by atoms with Gasteiger partial charge in [0.1, 0.15) is 5.75 Å². The summed E-state index contributed by atoms with van der Waals surface area (Å²) in [6.45, 7) is 4.36. The van der Waals surface area contributed by atoms with Crippen molar-refractivity contribution in [1.29, 1.82) is 5.26 Å². The molecule has 0 amide bonds. The summed E-state index contributed by atoms with van der Waals surface area (Å²) in [5.74, 6) is 0.436. The van der Waals surface area contributed by atoms with Crippen LogP contribution in [-0.2, 0) is 11.2 Å². The van der Waals surface area contributed by atoms with Gasteiger partial charge >= 0.3 is 5.97 Å². The van der Waals surface area contributed by atoms with E-state index >= 15 is 0 Å². The maximum absolute atomic E-state index is 12.5. The summed E-state index contributed by atoms with van der Waals surface area (Å²) in [7, 11) is 0. The van der Waals surface area contributed by atoms with Crippen LogP contribution < -0.4 is 4.74 Å². The first-order valence-corrected chi connectivity index (χ1v) is 10.3. The Hall–Kier alpha value is -1.82. The van der Waals surface area contributed by atoms with Crippen LogP contribution in [-0.4, -0.2) is 5.97 Å². The number of aryl methyl sites for hydroxylation is 1. The van der Waals surface area contributed by atoms with E-state index in [1.807, 2.05) is 12.1 Å². The second-order valence-corrected chi connectivity index (χ2v) is 7.79. The van der Waals surface area contributed by atoms with Gasteiger partial charge in [0.25, 0.3) is 0 Å². The molecule has 0 unspecified atom stereocenters. The fourth-order valence-corrected chi connectivity index (χ4v) is 3.84. The summed E-state index contributed by atoms with van der Waals surface area (Å²) < 4.78 is 5.60. The van der Waals surface area contributed by atoms with Crippen LogP contribution in [0.2, 0.25) is 0 Å². The normalized spacial score (nSPS) is 22.6. The fraction of sp³-hybridized carbons (Fsp3) is 0.652. The topological polar surface area (TPSA) is 50.1 Å². The number of carbonyl (C=O) groups is 1. The number of nitrogens with zero attached hydrogens (tertiary/aromatic N) is 1. The third kappa shape index (κ3) is 5.87. The zero-order valence-electron chi connectivity index (χ0n) is 16.4. The Morgan fingerprint density at radius 3 is 2.35 bits per heavy atom. The largest absolute Gasteiger partial charge is 0.426 e. The van der Waals surface area contributed by atoms with Gasteiger partial charge in [0, 0.05) is 0 Å². The number of esters is 1. The molecule has 3 heteroatoms. The predicted molar refractivity (Wildman–Crippen MR) is 105 cm³/mol. The lowest BCUT2D eigenvalue weighted by molar-refractivity contribution is -0.140. The minimum atomic E-state index is -0.215. The van der Waals surface area contributed by atoms with Gasteiger partial charge in [0.2, 0.25) is 0 Å². The molecule has 2 rings (SSSR count). The highest BCUT2D eigenvalue weighted by Crippen LogP contribution is 2.42. The lowest BCUT2D eigenvalue weighted by Gasteiger charge is -2.34. The van der Waals surface area contributed by atoms with E-state index in [4.69, 9.17) is 4.74 Å². The first-order valence-electron chi connectivity index (χ1n) is 10.3. The van der Waals surface area contributed by atoms with Crippen molar-refractivity contribution in [3.05, 3.63) is 29.8 Å². The summed E-state index contributed by atoms with van der Waals surface area (Å²) in [5, 5.41) is 9.57. The Labute approximate surface area is 158 Å². The Balaban J connectivity index is 1.82.